The molecule has 0 heterocycles. The topological polar surface area (TPSA) is 69.4 Å². The number of benzene rings is 3. The number of hydrogen-bond acceptors (Lipinski definition) is 4. The van der Waals surface area contributed by atoms with E-state index in [4.69, 9.17) is 5.90 Å². The normalized spacial score (nSPS) is 9.88. The fourth-order valence-electron chi connectivity index (χ4n) is 2.69. The van der Waals surface area contributed by atoms with Crippen molar-refractivity contribution in [3.8, 4) is 0 Å². The van der Waals surface area contributed by atoms with Gasteiger partial charge in [0.2, 0.25) is 0 Å². The Morgan fingerprint density at radius 3 is 2.04 bits per heavy atom. The summed E-state index contributed by atoms with van der Waals surface area (Å²) >= 11 is 0. The van der Waals surface area contributed by atoms with E-state index in [2.05, 4.69) is 4.84 Å². The standard InChI is InChI=1S/C21H17NO3.Na.H/c22-25-21(24)17-12-10-16(11-13-17)20(23)19-9-5-4-8-18(19)14-15-6-2-1-3-7-15;;/h1-13H,14,22H2;;/q;+1;-1. The Hall–Kier alpha value is -2.24. The molecule has 0 spiro atoms. The summed E-state index contributed by atoms with van der Waals surface area (Å²) in [5.41, 5.74) is 3.57. The second-order valence-electron chi connectivity index (χ2n) is 5.63. The first-order valence-corrected chi connectivity index (χ1v) is 7.86. The van der Waals surface area contributed by atoms with Crippen LogP contribution in [0.15, 0.2) is 78.9 Å². The monoisotopic (exact) mass is 355 g/mol. The zero-order chi connectivity index (χ0) is 17.6. The first-order chi connectivity index (χ1) is 12.2. The van der Waals surface area contributed by atoms with Gasteiger partial charge in [0.25, 0.3) is 0 Å². The number of hydrogen-bond donors (Lipinski definition) is 1. The van der Waals surface area contributed by atoms with E-state index in [1.54, 1.807) is 12.1 Å². The van der Waals surface area contributed by atoms with Gasteiger partial charge in [-0.25, -0.2) is 4.79 Å². The van der Waals surface area contributed by atoms with Crippen molar-refractivity contribution in [1.82, 2.24) is 0 Å². The number of rotatable bonds is 5. The van der Waals surface area contributed by atoms with Crippen molar-refractivity contribution in [2.75, 3.05) is 0 Å². The van der Waals surface area contributed by atoms with Gasteiger partial charge >= 0.3 is 35.5 Å². The Morgan fingerprint density at radius 1 is 0.808 bits per heavy atom. The van der Waals surface area contributed by atoms with Crippen LogP contribution in [0.5, 0.6) is 0 Å². The average Bonchev–Trinajstić information content (AvgIpc) is 2.68. The number of nitrogens with two attached hydrogens (primary N) is 1. The molecule has 0 aliphatic heterocycles. The molecule has 3 aromatic rings. The smallest absolute Gasteiger partial charge is 1.00 e. The van der Waals surface area contributed by atoms with E-state index in [0.717, 1.165) is 11.1 Å². The molecule has 0 unspecified atom stereocenters. The fraction of sp³-hybridized carbons (Fsp3) is 0.0476. The van der Waals surface area contributed by atoms with Crippen LogP contribution in [0, 0.1) is 0 Å². The average molecular weight is 355 g/mol. The van der Waals surface area contributed by atoms with Crippen molar-refractivity contribution in [3.05, 3.63) is 107 Å². The number of carbonyl (C=O) groups is 2. The van der Waals surface area contributed by atoms with Crippen LogP contribution in [0.2, 0.25) is 0 Å². The van der Waals surface area contributed by atoms with Crippen LogP contribution < -0.4 is 35.5 Å². The van der Waals surface area contributed by atoms with E-state index < -0.39 is 5.97 Å². The van der Waals surface area contributed by atoms with Gasteiger partial charge in [-0.05, 0) is 29.7 Å². The van der Waals surface area contributed by atoms with Crippen molar-refractivity contribution in [2.24, 2.45) is 5.90 Å². The van der Waals surface area contributed by atoms with Gasteiger partial charge in [0.05, 0.1) is 5.56 Å². The molecule has 0 aliphatic rings. The number of carbonyl (C=O) groups excluding carboxylic acids is 2. The van der Waals surface area contributed by atoms with E-state index in [-0.39, 0.29) is 36.8 Å². The Kier molecular flexibility index (Phi) is 7.30. The van der Waals surface area contributed by atoms with E-state index in [9.17, 15) is 9.59 Å². The second kappa shape index (κ2) is 9.46. The zero-order valence-corrected chi connectivity index (χ0v) is 16.5. The van der Waals surface area contributed by atoms with Gasteiger partial charge in [-0.3, -0.25) is 4.79 Å². The van der Waals surface area contributed by atoms with Crippen LogP contribution in [0.3, 0.4) is 0 Å². The fourth-order valence-corrected chi connectivity index (χ4v) is 2.69. The van der Waals surface area contributed by atoms with Crippen molar-refractivity contribution >= 4 is 11.8 Å². The summed E-state index contributed by atoms with van der Waals surface area (Å²) in [7, 11) is 0. The molecule has 0 amide bonds. The molecule has 3 aromatic carbocycles. The van der Waals surface area contributed by atoms with Gasteiger partial charge in [-0.15, -0.1) is 0 Å². The molecule has 4 nitrogen and oxygen atoms in total. The summed E-state index contributed by atoms with van der Waals surface area (Å²) in [5.74, 6) is 4.15. The molecular weight excluding hydrogens is 337 g/mol. The molecule has 126 valence electrons. The summed E-state index contributed by atoms with van der Waals surface area (Å²) < 4.78 is 0. The SMILES string of the molecule is NOC(=O)c1ccc(C(=O)c2ccccc2Cc2ccccc2)cc1.[H-].[Na+]. The Bertz CT molecular complexity index is 899. The summed E-state index contributed by atoms with van der Waals surface area (Å²) in [4.78, 5) is 28.4. The zero-order valence-electron chi connectivity index (χ0n) is 15.5. The van der Waals surface area contributed by atoms with Crippen LogP contribution >= 0.6 is 0 Å². The van der Waals surface area contributed by atoms with Crippen LogP contribution in [0.25, 0.3) is 0 Å². The third kappa shape index (κ3) is 4.68. The molecule has 26 heavy (non-hydrogen) atoms. The van der Waals surface area contributed by atoms with Crippen molar-refractivity contribution in [1.29, 1.82) is 0 Å². The van der Waals surface area contributed by atoms with Gasteiger partial charge in [0.1, 0.15) is 0 Å². The third-order valence-electron chi connectivity index (χ3n) is 3.99. The molecule has 0 atom stereocenters. The van der Waals surface area contributed by atoms with Crippen LogP contribution in [0.4, 0.5) is 0 Å². The van der Waals surface area contributed by atoms with Crippen LogP contribution in [-0.4, -0.2) is 11.8 Å². The maximum atomic E-state index is 12.9. The molecule has 0 aliphatic carbocycles. The Morgan fingerprint density at radius 2 is 1.38 bits per heavy atom. The molecule has 0 fully saturated rings. The first kappa shape index (κ1) is 20.1. The summed E-state index contributed by atoms with van der Waals surface area (Å²) in [6.45, 7) is 0. The minimum atomic E-state index is -0.636. The minimum Gasteiger partial charge on any atom is -1.00 e. The Balaban J connectivity index is 0.00000182. The predicted molar refractivity (Wildman–Crippen MR) is 96.3 cm³/mol. The quantitative estimate of drug-likeness (QED) is 0.415. The molecule has 5 heteroatoms. The maximum absolute atomic E-state index is 12.9. The molecule has 0 saturated heterocycles. The van der Waals surface area contributed by atoms with Gasteiger partial charge in [-0.1, -0.05) is 66.7 Å². The summed E-state index contributed by atoms with van der Waals surface area (Å²) in [5, 5.41) is 0. The molecule has 3 rings (SSSR count). The van der Waals surface area contributed by atoms with Crippen LogP contribution in [0.1, 0.15) is 38.8 Å². The second-order valence-corrected chi connectivity index (χ2v) is 5.63. The van der Waals surface area contributed by atoms with E-state index in [1.165, 1.54) is 12.1 Å². The van der Waals surface area contributed by atoms with Crippen molar-refractivity contribution in [3.63, 3.8) is 0 Å². The van der Waals surface area contributed by atoms with Crippen LogP contribution in [-0.2, 0) is 11.3 Å². The van der Waals surface area contributed by atoms with E-state index in [1.807, 2.05) is 54.6 Å². The largest absolute Gasteiger partial charge is 1.00 e. The predicted octanol–water partition coefficient (Wildman–Crippen LogP) is 0.655. The third-order valence-corrected chi connectivity index (χ3v) is 3.99. The van der Waals surface area contributed by atoms with Crippen molar-refractivity contribution in [2.45, 2.75) is 6.42 Å². The van der Waals surface area contributed by atoms with Gasteiger partial charge in [-0.2, -0.15) is 5.90 Å². The Labute approximate surface area is 175 Å². The molecule has 2 N–H and O–H groups in total. The molecular formula is C21H18NNaO3. The molecule has 0 radical (unpaired) electrons. The molecule has 0 bridgehead atoms. The molecule has 0 aromatic heterocycles. The summed E-state index contributed by atoms with van der Waals surface area (Å²) in [6, 6.07) is 23.8. The van der Waals surface area contributed by atoms with Gasteiger partial charge in [0.15, 0.2) is 5.78 Å². The van der Waals surface area contributed by atoms with Gasteiger partial charge in [0, 0.05) is 11.1 Å². The maximum Gasteiger partial charge on any atom is 1.00 e. The minimum absolute atomic E-state index is 0. The van der Waals surface area contributed by atoms with Crippen molar-refractivity contribution < 1.29 is 45.4 Å². The van der Waals surface area contributed by atoms with E-state index in [0.29, 0.717) is 23.1 Å². The molecule has 0 saturated carbocycles. The van der Waals surface area contributed by atoms with E-state index >= 15 is 0 Å². The van der Waals surface area contributed by atoms with Gasteiger partial charge < -0.3 is 6.26 Å². The number of ketones is 1. The first-order valence-electron chi connectivity index (χ1n) is 7.86. The summed E-state index contributed by atoms with van der Waals surface area (Å²) in [6.07, 6.45) is 0.681.